The number of methoxy groups -OCH3 is 1. The summed E-state index contributed by atoms with van der Waals surface area (Å²) in [6, 6.07) is 7.59. The molecule has 0 heterocycles. The van der Waals surface area contributed by atoms with E-state index in [1.54, 1.807) is 7.11 Å². The Bertz CT molecular complexity index is 401. The van der Waals surface area contributed by atoms with Crippen LogP contribution in [0.4, 0.5) is 5.69 Å². The molecule has 0 aliphatic heterocycles. The smallest absolute Gasteiger partial charge is 0.244 e. The van der Waals surface area contributed by atoms with Crippen molar-refractivity contribution in [2.45, 2.75) is 38.8 Å². The highest BCUT2D eigenvalue weighted by atomic mass is 16.5. The SMILES string of the molecule is CCC(N)(CC)C(=O)Nc1cccc(COC)c1. The van der Waals surface area contributed by atoms with Crippen LogP contribution in [0.3, 0.4) is 0 Å². The third-order valence-corrected chi connectivity index (χ3v) is 3.21. The lowest BCUT2D eigenvalue weighted by molar-refractivity contribution is -0.121. The molecule has 1 aromatic carbocycles. The van der Waals surface area contributed by atoms with E-state index in [2.05, 4.69) is 5.32 Å². The first-order valence-electron chi connectivity index (χ1n) is 6.24. The molecule has 0 spiro atoms. The second-order valence-corrected chi connectivity index (χ2v) is 4.45. The van der Waals surface area contributed by atoms with Crippen LogP contribution >= 0.6 is 0 Å². The number of benzene rings is 1. The zero-order valence-corrected chi connectivity index (χ0v) is 11.3. The standard InChI is InChI=1S/C14H22N2O2/c1-4-14(15,5-2)13(17)16-12-8-6-7-11(9-12)10-18-3/h6-9H,4-5,10,15H2,1-3H3,(H,16,17). The molecule has 0 radical (unpaired) electrons. The molecule has 0 bridgehead atoms. The van der Waals surface area contributed by atoms with Crippen molar-refractivity contribution in [2.24, 2.45) is 5.73 Å². The minimum atomic E-state index is -0.794. The Labute approximate surface area is 109 Å². The van der Waals surface area contributed by atoms with Gasteiger partial charge in [0.15, 0.2) is 0 Å². The maximum Gasteiger partial charge on any atom is 0.244 e. The number of anilines is 1. The van der Waals surface area contributed by atoms with Crippen LogP contribution in [0.25, 0.3) is 0 Å². The van der Waals surface area contributed by atoms with Crippen molar-refractivity contribution in [1.29, 1.82) is 0 Å². The predicted molar refractivity (Wildman–Crippen MR) is 73.3 cm³/mol. The second-order valence-electron chi connectivity index (χ2n) is 4.45. The average molecular weight is 250 g/mol. The number of ether oxygens (including phenoxy) is 1. The van der Waals surface area contributed by atoms with Gasteiger partial charge in [0.2, 0.25) is 5.91 Å². The molecule has 1 aromatic rings. The van der Waals surface area contributed by atoms with Crippen LogP contribution in [0.15, 0.2) is 24.3 Å². The first-order valence-corrected chi connectivity index (χ1v) is 6.24. The fourth-order valence-electron chi connectivity index (χ4n) is 1.73. The molecular weight excluding hydrogens is 228 g/mol. The summed E-state index contributed by atoms with van der Waals surface area (Å²) in [4.78, 5) is 12.1. The molecule has 4 nitrogen and oxygen atoms in total. The Hall–Kier alpha value is -1.39. The van der Waals surface area contributed by atoms with Crippen molar-refractivity contribution >= 4 is 11.6 Å². The summed E-state index contributed by atoms with van der Waals surface area (Å²) in [5, 5.41) is 2.86. The molecule has 1 rings (SSSR count). The lowest BCUT2D eigenvalue weighted by Crippen LogP contribution is -2.50. The maximum atomic E-state index is 12.1. The van der Waals surface area contributed by atoms with Crippen LogP contribution in [0.2, 0.25) is 0 Å². The van der Waals surface area contributed by atoms with Crippen molar-refractivity contribution in [3.8, 4) is 0 Å². The van der Waals surface area contributed by atoms with E-state index >= 15 is 0 Å². The first-order chi connectivity index (χ1) is 8.55. The van der Waals surface area contributed by atoms with Gasteiger partial charge in [-0.1, -0.05) is 26.0 Å². The number of nitrogens with two attached hydrogens (primary N) is 1. The number of carbonyl (C=O) groups is 1. The maximum absolute atomic E-state index is 12.1. The lowest BCUT2D eigenvalue weighted by atomic mass is 9.93. The van der Waals surface area contributed by atoms with Gasteiger partial charge in [-0.25, -0.2) is 0 Å². The number of amides is 1. The van der Waals surface area contributed by atoms with E-state index in [0.29, 0.717) is 19.4 Å². The Morgan fingerprint density at radius 2 is 2.06 bits per heavy atom. The zero-order valence-electron chi connectivity index (χ0n) is 11.3. The van der Waals surface area contributed by atoms with Gasteiger partial charge in [-0.05, 0) is 30.5 Å². The van der Waals surface area contributed by atoms with Crippen LogP contribution in [0.1, 0.15) is 32.3 Å². The lowest BCUT2D eigenvalue weighted by Gasteiger charge is -2.25. The largest absolute Gasteiger partial charge is 0.380 e. The summed E-state index contributed by atoms with van der Waals surface area (Å²) in [6.45, 7) is 4.37. The van der Waals surface area contributed by atoms with Gasteiger partial charge in [-0.3, -0.25) is 4.79 Å². The van der Waals surface area contributed by atoms with E-state index in [4.69, 9.17) is 10.5 Å². The summed E-state index contributed by atoms with van der Waals surface area (Å²) in [6.07, 6.45) is 1.24. The first kappa shape index (κ1) is 14.7. The van der Waals surface area contributed by atoms with Gasteiger partial charge in [-0.2, -0.15) is 0 Å². The minimum absolute atomic E-state index is 0.137. The van der Waals surface area contributed by atoms with Crippen molar-refractivity contribution < 1.29 is 9.53 Å². The minimum Gasteiger partial charge on any atom is -0.380 e. The van der Waals surface area contributed by atoms with Gasteiger partial charge in [0.05, 0.1) is 12.1 Å². The van der Waals surface area contributed by atoms with E-state index in [1.807, 2.05) is 38.1 Å². The molecule has 18 heavy (non-hydrogen) atoms. The van der Waals surface area contributed by atoms with Crippen LogP contribution in [-0.2, 0) is 16.1 Å². The molecule has 0 fully saturated rings. The van der Waals surface area contributed by atoms with E-state index in [0.717, 1.165) is 11.3 Å². The zero-order chi connectivity index (χ0) is 13.6. The number of rotatable bonds is 6. The van der Waals surface area contributed by atoms with E-state index in [9.17, 15) is 4.79 Å². The number of hydrogen-bond acceptors (Lipinski definition) is 3. The Morgan fingerprint density at radius 1 is 1.39 bits per heavy atom. The van der Waals surface area contributed by atoms with Crippen molar-refractivity contribution in [2.75, 3.05) is 12.4 Å². The highest BCUT2D eigenvalue weighted by molar-refractivity contribution is 5.97. The third kappa shape index (κ3) is 3.55. The third-order valence-electron chi connectivity index (χ3n) is 3.21. The monoisotopic (exact) mass is 250 g/mol. The quantitative estimate of drug-likeness (QED) is 0.814. The van der Waals surface area contributed by atoms with Gasteiger partial charge >= 0.3 is 0 Å². The number of nitrogens with one attached hydrogen (secondary N) is 1. The fourth-order valence-corrected chi connectivity index (χ4v) is 1.73. The topological polar surface area (TPSA) is 64.4 Å². The number of carbonyl (C=O) groups excluding carboxylic acids is 1. The van der Waals surface area contributed by atoms with E-state index < -0.39 is 5.54 Å². The second kappa shape index (κ2) is 6.52. The van der Waals surface area contributed by atoms with E-state index in [-0.39, 0.29) is 5.91 Å². The fraction of sp³-hybridized carbons (Fsp3) is 0.500. The molecule has 0 aliphatic rings. The Kier molecular flexibility index (Phi) is 5.31. The summed E-state index contributed by atoms with van der Waals surface area (Å²) in [7, 11) is 1.64. The average Bonchev–Trinajstić information content (AvgIpc) is 2.38. The molecule has 0 unspecified atom stereocenters. The Morgan fingerprint density at radius 3 is 2.61 bits per heavy atom. The van der Waals surface area contributed by atoms with Crippen molar-refractivity contribution in [3.63, 3.8) is 0 Å². The molecular formula is C14H22N2O2. The summed E-state index contributed by atoms with van der Waals surface area (Å²) < 4.78 is 5.06. The van der Waals surface area contributed by atoms with Crippen molar-refractivity contribution in [1.82, 2.24) is 0 Å². The molecule has 4 heteroatoms. The van der Waals surface area contributed by atoms with Gasteiger partial charge in [0.25, 0.3) is 0 Å². The van der Waals surface area contributed by atoms with Crippen LogP contribution in [-0.4, -0.2) is 18.6 Å². The van der Waals surface area contributed by atoms with Crippen LogP contribution in [0, 0.1) is 0 Å². The van der Waals surface area contributed by atoms with Crippen molar-refractivity contribution in [3.05, 3.63) is 29.8 Å². The van der Waals surface area contributed by atoms with Crippen LogP contribution in [0.5, 0.6) is 0 Å². The van der Waals surface area contributed by atoms with Gasteiger partial charge in [0, 0.05) is 12.8 Å². The molecule has 0 saturated carbocycles. The molecule has 0 aliphatic carbocycles. The predicted octanol–water partition coefficient (Wildman–Crippen LogP) is 2.29. The van der Waals surface area contributed by atoms with Crippen LogP contribution < -0.4 is 11.1 Å². The molecule has 0 atom stereocenters. The Balaban J connectivity index is 2.78. The molecule has 100 valence electrons. The molecule has 3 N–H and O–H groups in total. The van der Waals surface area contributed by atoms with E-state index in [1.165, 1.54) is 0 Å². The highest BCUT2D eigenvalue weighted by Gasteiger charge is 2.29. The molecule has 1 amide bonds. The molecule has 0 aromatic heterocycles. The summed E-state index contributed by atoms with van der Waals surface area (Å²) in [5.74, 6) is -0.137. The summed E-state index contributed by atoms with van der Waals surface area (Å²) >= 11 is 0. The number of hydrogen-bond donors (Lipinski definition) is 2. The normalized spacial score (nSPS) is 11.3. The van der Waals surface area contributed by atoms with Gasteiger partial charge < -0.3 is 15.8 Å². The van der Waals surface area contributed by atoms with Gasteiger partial charge in [-0.15, -0.1) is 0 Å². The highest BCUT2D eigenvalue weighted by Crippen LogP contribution is 2.17. The van der Waals surface area contributed by atoms with Gasteiger partial charge in [0.1, 0.15) is 0 Å². The molecule has 0 saturated heterocycles. The summed E-state index contributed by atoms with van der Waals surface area (Å²) in [5.41, 5.74) is 7.03.